The number of nitrogens with one attached hydrogen (secondary N) is 1. The number of nitrogen functional groups attached to an aromatic ring is 1. The third-order valence-corrected chi connectivity index (χ3v) is 5.28. The van der Waals surface area contributed by atoms with Crippen LogP contribution >= 0.6 is 0 Å². The highest BCUT2D eigenvalue weighted by Gasteiger charge is 2.21. The number of likely N-dealkylation sites (tertiary alicyclic amines) is 1. The van der Waals surface area contributed by atoms with Crippen molar-refractivity contribution < 1.29 is 13.2 Å². The quantitative estimate of drug-likeness (QED) is 0.789. The smallest absolute Gasteiger partial charge is 0.242 e. The first-order valence-corrected chi connectivity index (χ1v) is 8.52. The molecular weight excluding hydrogens is 290 g/mol. The average molecular weight is 311 g/mol. The largest absolute Gasteiger partial charge is 0.398 e. The molecule has 3 N–H and O–H groups in total. The van der Waals surface area contributed by atoms with E-state index in [-0.39, 0.29) is 29.5 Å². The molecule has 1 aliphatic heterocycles. The van der Waals surface area contributed by atoms with E-state index in [4.69, 9.17) is 5.73 Å². The molecular formula is C14H21N3O3S. The summed E-state index contributed by atoms with van der Waals surface area (Å²) in [4.78, 5) is 13.7. The molecule has 0 saturated carbocycles. The van der Waals surface area contributed by atoms with Crippen molar-refractivity contribution in [3.05, 3.63) is 23.8 Å². The molecule has 0 unspecified atom stereocenters. The molecule has 1 aromatic rings. The Kier molecular flexibility index (Phi) is 4.84. The van der Waals surface area contributed by atoms with Crippen LogP contribution in [0.4, 0.5) is 5.69 Å². The molecule has 1 saturated heterocycles. The van der Waals surface area contributed by atoms with Gasteiger partial charge in [-0.05, 0) is 31.4 Å². The zero-order chi connectivity index (χ0) is 15.5. The molecule has 1 aliphatic rings. The van der Waals surface area contributed by atoms with Gasteiger partial charge < -0.3 is 10.6 Å². The van der Waals surface area contributed by atoms with Crippen LogP contribution in [0.1, 0.15) is 24.8 Å². The van der Waals surface area contributed by atoms with Gasteiger partial charge >= 0.3 is 0 Å². The summed E-state index contributed by atoms with van der Waals surface area (Å²) in [7, 11) is -3.69. The van der Waals surface area contributed by atoms with Crippen LogP contribution in [0.25, 0.3) is 0 Å². The number of nitrogens with two attached hydrogens (primary N) is 1. The molecule has 1 aromatic carbocycles. The van der Waals surface area contributed by atoms with E-state index in [0.29, 0.717) is 5.56 Å². The summed E-state index contributed by atoms with van der Waals surface area (Å²) >= 11 is 0. The van der Waals surface area contributed by atoms with Crippen molar-refractivity contribution in [2.75, 3.05) is 25.4 Å². The molecule has 1 fully saturated rings. The molecule has 0 spiro atoms. The van der Waals surface area contributed by atoms with Gasteiger partial charge in [0, 0.05) is 26.1 Å². The molecule has 1 heterocycles. The fraction of sp³-hybridized carbons (Fsp3) is 0.500. The van der Waals surface area contributed by atoms with E-state index in [1.807, 2.05) is 0 Å². The fourth-order valence-corrected chi connectivity index (χ4v) is 3.92. The van der Waals surface area contributed by atoms with Gasteiger partial charge in [0.25, 0.3) is 0 Å². The number of sulfonamides is 1. The van der Waals surface area contributed by atoms with Crippen molar-refractivity contribution in [1.29, 1.82) is 0 Å². The van der Waals surface area contributed by atoms with Crippen LogP contribution in [-0.4, -0.2) is 38.9 Å². The number of hydrogen-bond acceptors (Lipinski definition) is 4. The minimum atomic E-state index is -3.69. The molecule has 7 heteroatoms. The highest BCUT2D eigenvalue weighted by Crippen LogP contribution is 2.21. The van der Waals surface area contributed by atoms with Gasteiger partial charge in [0.15, 0.2) is 0 Å². The van der Waals surface area contributed by atoms with E-state index >= 15 is 0 Å². The summed E-state index contributed by atoms with van der Waals surface area (Å²) in [5.74, 6) is -0.00652. The minimum absolute atomic E-state index is 0.00652. The summed E-state index contributed by atoms with van der Waals surface area (Å²) in [6, 6.07) is 4.96. The lowest BCUT2D eigenvalue weighted by atomic mass is 10.2. The number of carbonyl (C=O) groups is 1. The van der Waals surface area contributed by atoms with Crippen LogP contribution in [0, 0.1) is 6.92 Å². The molecule has 0 radical (unpaired) electrons. The Balaban J connectivity index is 1.97. The zero-order valence-corrected chi connectivity index (χ0v) is 12.9. The molecule has 0 atom stereocenters. The summed E-state index contributed by atoms with van der Waals surface area (Å²) in [5, 5.41) is 0. The monoisotopic (exact) mass is 311 g/mol. The van der Waals surface area contributed by atoms with Crippen molar-refractivity contribution in [3.8, 4) is 0 Å². The van der Waals surface area contributed by atoms with E-state index in [1.54, 1.807) is 30.0 Å². The average Bonchev–Trinajstić information content (AvgIpc) is 2.91. The van der Waals surface area contributed by atoms with Crippen LogP contribution in [0.2, 0.25) is 0 Å². The number of anilines is 1. The summed E-state index contributed by atoms with van der Waals surface area (Å²) in [6.45, 7) is 3.33. The number of carbonyl (C=O) groups excluding carboxylic acids is 1. The van der Waals surface area contributed by atoms with Gasteiger partial charge in [-0.15, -0.1) is 0 Å². The molecule has 0 aromatic heterocycles. The van der Waals surface area contributed by atoms with Crippen molar-refractivity contribution in [1.82, 2.24) is 9.62 Å². The second-order valence-corrected chi connectivity index (χ2v) is 6.93. The second kappa shape index (κ2) is 6.44. The highest BCUT2D eigenvalue weighted by molar-refractivity contribution is 7.89. The zero-order valence-electron chi connectivity index (χ0n) is 12.1. The fourth-order valence-electron chi connectivity index (χ4n) is 2.53. The molecule has 2 rings (SSSR count). The second-order valence-electron chi connectivity index (χ2n) is 5.23. The van der Waals surface area contributed by atoms with E-state index in [2.05, 4.69) is 4.72 Å². The maximum Gasteiger partial charge on any atom is 0.242 e. The summed E-state index contributed by atoms with van der Waals surface area (Å²) in [5.41, 5.74) is 6.55. The molecule has 0 aliphatic carbocycles. The first-order valence-electron chi connectivity index (χ1n) is 7.04. The minimum Gasteiger partial charge on any atom is -0.398 e. The Labute approximate surface area is 125 Å². The number of amides is 1. The van der Waals surface area contributed by atoms with E-state index in [1.165, 1.54) is 0 Å². The van der Waals surface area contributed by atoms with Crippen LogP contribution < -0.4 is 10.5 Å². The number of rotatable bonds is 5. The third kappa shape index (κ3) is 3.74. The standard InChI is InChI=1S/C14H21N3O3S/c1-11-5-4-6-12(15)14(11)21(19,20)16-8-7-13(18)17-9-2-3-10-17/h4-6,16H,2-3,7-10,15H2,1H3. The van der Waals surface area contributed by atoms with E-state index in [0.717, 1.165) is 25.9 Å². The van der Waals surface area contributed by atoms with Crippen LogP contribution in [0.3, 0.4) is 0 Å². The van der Waals surface area contributed by atoms with Gasteiger partial charge in [0.1, 0.15) is 4.90 Å². The molecule has 1 amide bonds. The Morgan fingerprint density at radius 3 is 2.62 bits per heavy atom. The van der Waals surface area contributed by atoms with Crippen LogP contribution in [0.15, 0.2) is 23.1 Å². The number of benzene rings is 1. The Hall–Kier alpha value is -1.60. The number of aryl methyl sites for hydroxylation is 1. The van der Waals surface area contributed by atoms with Gasteiger partial charge in [0.05, 0.1) is 5.69 Å². The predicted octanol–water partition coefficient (Wildman–Crippen LogP) is 0.868. The Morgan fingerprint density at radius 2 is 2.00 bits per heavy atom. The Morgan fingerprint density at radius 1 is 1.33 bits per heavy atom. The predicted molar refractivity (Wildman–Crippen MR) is 81.2 cm³/mol. The van der Waals surface area contributed by atoms with Crippen molar-refractivity contribution >= 4 is 21.6 Å². The molecule has 6 nitrogen and oxygen atoms in total. The summed E-state index contributed by atoms with van der Waals surface area (Å²) < 4.78 is 27.0. The lowest BCUT2D eigenvalue weighted by Gasteiger charge is -2.16. The van der Waals surface area contributed by atoms with E-state index in [9.17, 15) is 13.2 Å². The van der Waals surface area contributed by atoms with Crippen molar-refractivity contribution in [2.24, 2.45) is 0 Å². The van der Waals surface area contributed by atoms with Gasteiger partial charge in [-0.1, -0.05) is 12.1 Å². The Bertz CT molecular complexity index is 602. The van der Waals surface area contributed by atoms with Gasteiger partial charge in [0.2, 0.25) is 15.9 Å². The first kappa shape index (κ1) is 15.8. The highest BCUT2D eigenvalue weighted by atomic mass is 32.2. The topological polar surface area (TPSA) is 92.5 Å². The van der Waals surface area contributed by atoms with Gasteiger partial charge in [-0.25, -0.2) is 13.1 Å². The van der Waals surface area contributed by atoms with Crippen molar-refractivity contribution in [3.63, 3.8) is 0 Å². The maximum absolute atomic E-state index is 12.3. The SMILES string of the molecule is Cc1cccc(N)c1S(=O)(=O)NCCC(=O)N1CCCC1. The molecule has 116 valence electrons. The number of nitrogens with zero attached hydrogens (tertiary/aromatic N) is 1. The molecule has 0 bridgehead atoms. The van der Waals surface area contributed by atoms with Gasteiger partial charge in [-0.3, -0.25) is 4.79 Å². The lowest BCUT2D eigenvalue weighted by Crippen LogP contribution is -2.33. The van der Waals surface area contributed by atoms with E-state index < -0.39 is 10.0 Å². The van der Waals surface area contributed by atoms with Crippen LogP contribution in [0.5, 0.6) is 0 Å². The summed E-state index contributed by atoms with van der Waals surface area (Å²) in [6.07, 6.45) is 2.22. The molecule has 21 heavy (non-hydrogen) atoms. The van der Waals surface area contributed by atoms with Gasteiger partial charge in [-0.2, -0.15) is 0 Å². The van der Waals surface area contributed by atoms with Crippen LogP contribution in [-0.2, 0) is 14.8 Å². The normalized spacial score (nSPS) is 15.4. The lowest BCUT2D eigenvalue weighted by molar-refractivity contribution is -0.129. The first-order chi connectivity index (χ1) is 9.92. The third-order valence-electron chi connectivity index (χ3n) is 3.60. The van der Waals surface area contributed by atoms with Crippen molar-refractivity contribution in [2.45, 2.75) is 31.1 Å². The maximum atomic E-state index is 12.3. The number of hydrogen-bond donors (Lipinski definition) is 2.